The number of hydrogen-bond donors (Lipinski definition) is 4. The third kappa shape index (κ3) is 4.04. The van der Waals surface area contributed by atoms with Gasteiger partial charge < -0.3 is 15.4 Å². The highest BCUT2D eigenvalue weighted by Gasteiger charge is 2.20. The topological polar surface area (TPSA) is 123 Å². The summed E-state index contributed by atoms with van der Waals surface area (Å²) in [5.41, 5.74) is 2.05. The van der Waals surface area contributed by atoms with E-state index in [0.717, 1.165) is 18.4 Å². The van der Waals surface area contributed by atoms with Gasteiger partial charge in [-0.15, -0.1) is 0 Å². The number of rotatable bonds is 5. The summed E-state index contributed by atoms with van der Waals surface area (Å²) in [6.07, 6.45) is 5.37. The third-order valence-electron chi connectivity index (χ3n) is 5.09. The van der Waals surface area contributed by atoms with Gasteiger partial charge in [0.2, 0.25) is 5.88 Å². The lowest BCUT2D eigenvalue weighted by atomic mass is 10.1. The molecule has 4 aromatic rings. The average molecular weight is 438 g/mol. The first kappa shape index (κ1) is 19.4. The molecule has 0 radical (unpaired) electrons. The zero-order chi connectivity index (χ0) is 21.5. The van der Waals surface area contributed by atoms with Crippen molar-refractivity contribution in [1.29, 1.82) is 0 Å². The van der Waals surface area contributed by atoms with Crippen molar-refractivity contribution in [3.63, 3.8) is 0 Å². The lowest BCUT2D eigenvalue weighted by molar-refractivity contribution is 0.454. The first-order valence-electron chi connectivity index (χ1n) is 9.94. The molecule has 1 aliphatic rings. The fourth-order valence-corrected chi connectivity index (χ4v) is 3.55. The van der Waals surface area contributed by atoms with Gasteiger partial charge in [-0.05, 0) is 43.5 Å². The van der Waals surface area contributed by atoms with E-state index in [4.69, 9.17) is 21.6 Å². The molecule has 10 heteroatoms. The summed E-state index contributed by atoms with van der Waals surface area (Å²) in [4.78, 5) is 25.8. The highest BCUT2D eigenvalue weighted by Crippen LogP contribution is 2.23. The van der Waals surface area contributed by atoms with Crippen LogP contribution in [0.5, 0.6) is 5.88 Å². The lowest BCUT2D eigenvalue weighted by Crippen LogP contribution is -2.21. The number of anilines is 1. The SMILES string of the molecule is C[C@H](Nc1cc(=NC2CC2)n2nc/c(=C/c3[nH]c(=O)[nH]c3O)c2n1)c1cccc(Cl)c1. The van der Waals surface area contributed by atoms with Crippen LogP contribution in [0, 0.1) is 0 Å². The second kappa shape index (κ2) is 7.59. The molecule has 1 fully saturated rings. The van der Waals surface area contributed by atoms with Crippen molar-refractivity contribution in [2.75, 3.05) is 5.32 Å². The van der Waals surface area contributed by atoms with Gasteiger partial charge in [0.05, 0.1) is 12.2 Å². The maximum absolute atomic E-state index is 11.5. The summed E-state index contributed by atoms with van der Waals surface area (Å²) in [5.74, 6) is 0.400. The van der Waals surface area contributed by atoms with Gasteiger partial charge in [0.25, 0.3) is 0 Å². The van der Waals surface area contributed by atoms with E-state index in [1.807, 2.05) is 37.3 Å². The highest BCUT2D eigenvalue weighted by atomic mass is 35.5. The molecule has 5 rings (SSSR count). The van der Waals surface area contributed by atoms with Crippen LogP contribution in [0.4, 0.5) is 5.82 Å². The van der Waals surface area contributed by atoms with E-state index < -0.39 is 5.69 Å². The molecule has 31 heavy (non-hydrogen) atoms. The molecule has 1 aromatic carbocycles. The summed E-state index contributed by atoms with van der Waals surface area (Å²) >= 11 is 6.13. The van der Waals surface area contributed by atoms with Crippen LogP contribution in [0.1, 0.15) is 37.1 Å². The van der Waals surface area contributed by atoms with Crippen LogP contribution in [-0.2, 0) is 0 Å². The molecular formula is C21H20ClN7O2. The van der Waals surface area contributed by atoms with E-state index in [-0.39, 0.29) is 17.6 Å². The van der Waals surface area contributed by atoms with Crippen LogP contribution in [0.2, 0.25) is 5.02 Å². The number of benzene rings is 1. The van der Waals surface area contributed by atoms with E-state index in [9.17, 15) is 9.90 Å². The van der Waals surface area contributed by atoms with Gasteiger partial charge in [-0.2, -0.15) is 9.61 Å². The molecule has 1 aliphatic carbocycles. The molecule has 158 valence electrons. The minimum atomic E-state index is -0.490. The molecule has 1 saturated carbocycles. The largest absolute Gasteiger partial charge is 0.493 e. The molecule has 0 unspecified atom stereocenters. The van der Waals surface area contributed by atoms with Crippen molar-refractivity contribution in [2.24, 2.45) is 4.99 Å². The summed E-state index contributed by atoms with van der Waals surface area (Å²) in [6, 6.07) is 9.79. The molecule has 1 atom stereocenters. The standard InChI is InChI=1S/C21H20ClN7O2/c1-11(12-3-2-4-14(22)7-12)24-17-9-18(25-15-5-6-15)29-19(27-17)13(10-23-29)8-16-20(30)28-21(31)26-16/h2-4,7-11,15,24,30H,5-6H2,1H3,(H2,26,28,31)/b13-8-,25-18?/t11-/m0/s1. The van der Waals surface area contributed by atoms with Crippen LogP contribution in [-0.4, -0.2) is 35.7 Å². The minimum absolute atomic E-state index is 0.0390. The predicted molar refractivity (Wildman–Crippen MR) is 117 cm³/mol. The second-order valence-electron chi connectivity index (χ2n) is 7.60. The van der Waals surface area contributed by atoms with E-state index in [0.29, 0.717) is 33.2 Å². The van der Waals surface area contributed by atoms with Crippen molar-refractivity contribution >= 4 is 29.1 Å². The highest BCUT2D eigenvalue weighted by molar-refractivity contribution is 6.30. The first-order chi connectivity index (χ1) is 15.0. The predicted octanol–water partition coefficient (Wildman–Crippen LogP) is 1.89. The fraction of sp³-hybridized carbons (Fsp3) is 0.238. The monoisotopic (exact) mass is 437 g/mol. The Balaban J connectivity index is 1.62. The summed E-state index contributed by atoms with van der Waals surface area (Å²) < 4.78 is 1.67. The van der Waals surface area contributed by atoms with Gasteiger partial charge in [-0.1, -0.05) is 23.7 Å². The minimum Gasteiger partial charge on any atom is -0.493 e. The molecule has 0 aliphatic heterocycles. The number of aromatic nitrogens is 5. The smallest absolute Gasteiger partial charge is 0.326 e. The Morgan fingerprint density at radius 1 is 1.35 bits per heavy atom. The third-order valence-corrected chi connectivity index (χ3v) is 5.33. The molecule has 0 spiro atoms. The number of halogens is 1. The molecular weight excluding hydrogens is 418 g/mol. The van der Waals surface area contributed by atoms with Gasteiger partial charge in [-0.25, -0.2) is 9.78 Å². The number of hydrogen-bond acceptors (Lipinski definition) is 6. The van der Waals surface area contributed by atoms with E-state index in [2.05, 4.69) is 20.4 Å². The van der Waals surface area contributed by atoms with Crippen molar-refractivity contribution in [2.45, 2.75) is 31.8 Å². The van der Waals surface area contributed by atoms with Crippen LogP contribution in [0.25, 0.3) is 11.7 Å². The first-order valence-corrected chi connectivity index (χ1v) is 10.3. The fourth-order valence-electron chi connectivity index (χ4n) is 3.35. The Hall–Kier alpha value is -3.59. The maximum Gasteiger partial charge on any atom is 0.326 e. The Morgan fingerprint density at radius 3 is 2.90 bits per heavy atom. The Morgan fingerprint density at radius 2 is 2.19 bits per heavy atom. The van der Waals surface area contributed by atoms with Gasteiger partial charge in [0.1, 0.15) is 11.5 Å². The summed E-state index contributed by atoms with van der Waals surface area (Å²) in [6.45, 7) is 2.03. The zero-order valence-corrected chi connectivity index (χ0v) is 17.4. The average Bonchev–Trinajstić information content (AvgIpc) is 3.37. The van der Waals surface area contributed by atoms with Crippen molar-refractivity contribution in [1.82, 2.24) is 24.6 Å². The lowest BCUT2D eigenvalue weighted by Gasteiger charge is -2.15. The van der Waals surface area contributed by atoms with E-state index in [1.165, 1.54) is 0 Å². The van der Waals surface area contributed by atoms with Crippen LogP contribution < -0.4 is 21.7 Å². The van der Waals surface area contributed by atoms with Gasteiger partial charge in [0, 0.05) is 22.3 Å². The quantitative estimate of drug-likeness (QED) is 0.379. The van der Waals surface area contributed by atoms with Gasteiger partial charge >= 0.3 is 5.69 Å². The number of aromatic amines is 2. The van der Waals surface area contributed by atoms with Crippen molar-refractivity contribution in [3.05, 3.63) is 74.0 Å². The van der Waals surface area contributed by atoms with E-state index in [1.54, 1.807) is 16.8 Å². The van der Waals surface area contributed by atoms with Crippen LogP contribution in [0.15, 0.2) is 46.3 Å². The molecule has 9 nitrogen and oxygen atoms in total. The number of imidazole rings is 1. The van der Waals surface area contributed by atoms with Gasteiger partial charge in [-0.3, -0.25) is 9.98 Å². The van der Waals surface area contributed by atoms with Crippen LogP contribution in [0.3, 0.4) is 0 Å². The van der Waals surface area contributed by atoms with Crippen molar-refractivity contribution in [3.8, 4) is 5.88 Å². The van der Waals surface area contributed by atoms with E-state index >= 15 is 0 Å². The van der Waals surface area contributed by atoms with Gasteiger partial charge in [0.15, 0.2) is 11.1 Å². The second-order valence-corrected chi connectivity index (χ2v) is 8.04. The number of fused-ring (bicyclic) bond motifs is 1. The maximum atomic E-state index is 11.5. The summed E-state index contributed by atoms with van der Waals surface area (Å²) in [7, 11) is 0. The Labute approximate surface area is 181 Å². The molecule has 0 saturated heterocycles. The van der Waals surface area contributed by atoms with Crippen LogP contribution >= 0.6 is 11.6 Å². The number of nitrogens with zero attached hydrogens (tertiary/aromatic N) is 4. The molecule has 0 amide bonds. The normalized spacial score (nSPS) is 16.2. The zero-order valence-electron chi connectivity index (χ0n) is 16.6. The Bertz CT molecular complexity index is 1450. The number of aromatic hydroxyl groups is 1. The number of nitrogens with one attached hydrogen (secondary N) is 3. The molecule has 4 N–H and O–H groups in total. The number of H-pyrrole nitrogens is 2. The molecule has 3 aromatic heterocycles. The summed E-state index contributed by atoms with van der Waals surface area (Å²) in [5, 5.41) is 19.0. The molecule has 0 bridgehead atoms. The van der Waals surface area contributed by atoms with Crippen molar-refractivity contribution < 1.29 is 5.11 Å². The molecule has 3 heterocycles. The Kier molecular flexibility index (Phi) is 4.74.